The summed E-state index contributed by atoms with van der Waals surface area (Å²) in [6, 6.07) is 11.0. The summed E-state index contributed by atoms with van der Waals surface area (Å²) < 4.78 is 40.4. The van der Waals surface area contributed by atoms with Gasteiger partial charge in [0.1, 0.15) is 28.5 Å². The van der Waals surface area contributed by atoms with E-state index in [1.165, 1.54) is 33.6 Å². The van der Waals surface area contributed by atoms with E-state index in [9.17, 15) is 13.6 Å². The second-order valence-corrected chi connectivity index (χ2v) is 9.60. The third-order valence-electron chi connectivity index (χ3n) is 6.10. The third-order valence-corrected chi connectivity index (χ3v) is 6.45. The summed E-state index contributed by atoms with van der Waals surface area (Å²) in [5, 5.41) is 11.8. The van der Waals surface area contributed by atoms with E-state index in [2.05, 4.69) is 20.5 Å². The molecule has 1 atom stereocenters. The molecule has 0 aliphatic carbocycles. The van der Waals surface area contributed by atoms with Crippen LogP contribution in [0.25, 0.3) is 16.9 Å². The summed E-state index contributed by atoms with van der Waals surface area (Å²) in [6.45, 7) is -3.10. The van der Waals surface area contributed by atoms with Gasteiger partial charge in [0.25, 0.3) is 5.91 Å². The Hall–Kier alpha value is -4.59. The molecule has 1 amide bonds. The Morgan fingerprint density at radius 2 is 1.93 bits per heavy atom. The van der Waals surface area contributed by atoms with Gasteiger partial charge in [-0.15, -0.1) is 0 Å². The molecule has 14 heteroatoms. The van der Waals surface area contributed by atoms with E-state index in [0.717, 1.165) is 0 Å². The number of ether oxygens (including phenoxy) is 2. The van der Waals surface area contributed by atoms with E-state index < -0.39 is 18.7 Å². The van der Waals surface area contributed by atoms with Crippen molar-refractivity contribution in [2.24, 2.45) is 12.8 Å². The Kier molecular flexibility index (Phi) is 7.83. The SMILES string of the molecule is CN(C)C(N)c1cc(Oc2ccc(OC(F)F)c(-c3nn(C)cc3NC(=O)c3cnn4cccnc34)c2)ccc1Cl. The van der Waals surface area contributed by atoms with Crippen LogP contribution in [0.15, 0.2) is 67.3 Å². The van der Waals surface area contributed by atoms with Gasteiger partial charge in [0.2, 0.25) is 0 Å². The minimum Gasteiger partial charge on any atom is -0.457 e. The maximum Gasteiger partial charge on any atom is 0.387 e. The molecule has 2 aromatic carbocycles. The molecule has 3 N–H and O–H groups in total. The highest BCUT2D eigenvalue weighted by Crippen LogP contribution is 2.39. The fourth-order valence-electron chi connectivity index (χ4n) is 4.14. The number of rotatable bonds is 9. The van der Waals surface area contributed by atoms with Crippen LogP contribution in [0.1, 0.15) is 22.1 Å². The standard InChI is InChI=1S/C27H25ClF2N8O3/c1-36(2)24(31)17-11-15(5-7-20(17)28)40-16-6-8-22(41-27(29)30)18(12-16)23-21(14-37(3)35-23)34-26(39)19-13-33-38-10-4-9-32-25(19)38/h4-14,24,27H,31H2,1-3H3,(H,34,39). The Morgan fingerprint density at radius 3 is 2.68 bits per heavy atom. The number of halogens is 3. The molecule has 0 radical (unpaired) electrons. The van der Waals surface area contributed by atoms with Crippen molar-refractivity contribution in [2.75, 3.05) is 19.4 Å². The lowest BCUT2D eigenvalue weighted by molar-refractivity contribution is -0.0494. The van der Waals surface area contributed by atoms with Crippen molar-refractivity contribution >= 4 is 28.8 Å². The summed E-state index contributed by atoms with van der Waals surface area (Å²) in [4.78, 5) is 19.2. The number of aryl methyl sites for hydroxylation is 1. The van der Waals surface area contributed by atoms with E-state index in [1.54, 1.807) is 54.8 Å². The number of carbonyl (C=O) groups is 1. The molecule has 0 aliphatic heterocycles. The lowest BCUT2D eigenvalue weighted by Gasteiger charge is -2.21. The Bertz CT molecular complexity index is 1720. The van der Waals surface area contributed by atoms with E-state index in [1.807, 2.05) is 14.1 Å². The molecule has 3 aromatic heterocycles. The van der Waals surface area contributed by atoms with Gasteiger partial charge in [-0.3, -0.25) is 14.4 Å². The van der Waals surface area contributed by atoms with Crippen molar-refractivity contribution in [3.63, 3.8) is 0 Å². The van der Waals surface area contributed by atoms with Crippen molar-refractivity contribution in [3.8, 4) is 28.5 Å². The quantitative estimate of drug-likeness (QED) is 0.234. The maximum absolute atomic E-state index is 13.3. The van der Waals surface area contributed by atoms with Crippen molar-refractivity contribution in [1.82, 2.24) is 29.3 Å². The lowest BCUT2D eigenvalue weighted by Crippen LogP contribution is -2.27. The summed E-state index contributed by atoms with van der Waals surface area (Å²) in [5.41, 5.74) is 8.03. The number of nitrogens with zero attached hydrogens (tertiary/aromatic N) is 6. The van der Waals surface area contributed by atoms with Gasteiger partial charge in [-0.05, 0) is 56.6 Å². The van der Waals surface area contributed by atoms with E-state index in [-0.39, 0.29) is 28.3 Å². The van der Waals surface area contributed by atoms with Gasteiger partial charge in [0.15, 0.2) is 5.65 Å². The molecule has 3 heterocycles. The number of anilines is 1. The zero-order valence-corrected chi connectivity index (χ0v) is 22.9. The smallest absolute Gasteiger partial charge is 0.387 e. The van der Waals surface area contributed by atoms with Gasteiger partial charge >= 0.3 is 6.61 Å². The van der Waals surface area contributed by atoms with E-state index in [4.69, 9.17) is 26.8 Å². The molecule has 0 fully saturated rings. The number of hydrogen-bond acceptors (Lipinski definition) is 8. The predicted molar refractivity (Wildman–Crippen MR) is 148 cm³/mol. The highest BCUT2D eigenvalue weighted by Gasteiger charge is 2.22. The van der Waals surface area contributed by atoms with Crippen LogP contribution in [0.2, 0.25) is 5.02 Å². The van der Waals surface area contributed by atoms with Crippen LogP contribution in [0.3, 0.4) is 0 Å². The summed E-state index contributed by atoms with van der Waals surface area (Å²) in [6.07, 6.45) is 5.65. The molecule has 0 spiro atoms. The third kappa shape index (κ3) is 5.96. The lowest BCUT2D eigenvalue weighted by atomic mass is 10.1. The van der Waals surface area contributed by atoms with Crippen molar-refractivity contribution in [3.05, 3.63) is 83.4 Å². The second kappa shape index (κ2) is 11.5. The van der Waals surface area contributed by atoms with Gasteiger partial charge in [-0.1, -0.05) is 11.6 Å². The number of benzene rings is 2. The zero-order valence-electron chi connectivity index (χ0n) is 22.1. The first-order valence-corrected chi connectivity index (χ1v) is 12.6. The Balaban J connectivity index is 1.50. The largest absolute Gasteiger partial charge is 0.457 e. The van der Waals surface area contributed by atoms with Crippen LogP contribution >= 0.6 is 11.6 Å². The normalized spacial score (nSPS) is 12.2. The van der Waals surface area contributed by atoms with Crippen LogP contribution < -0.4 is 20.5 Å². The first-order valence-electron chi connectivity index (χ1n) is 12.2. The van der Waals surface area contributed by atoms with Gasteiger partial charge in [0, 0.05) is 36.2 Å². The van der Waals surface area contributed by atoms with Crippen molar-refractivity contribution in [2.45, 2.75) is 12.8 Å². The van der Waals surface area contributed by atoms with Crippen LogP contribution in [0, 0.1) is 0 Å². The number of fused-ring (bicyclic) bond motifs is 1. The first-order chi connectivity index (χ1) is 19.6. The van der Waals surface area contributed by atoms with Gasteiger partial charge in [-0.2, -0.15) is 19.0 Å². The van der Waals surface area contributed by atoms with Crippen LogP contribution in [-0.2, 0) is 7.05 Å². The fourth-order valence-corrected chi connectivity index (χ4v) is 4.37. The second-order valence-electron chi connectivity index (χ2n) is 9.20. The molecule has 41 heavy (non-hydrogen) atoms. The molecule has 5 rings (SSSR count). The maximum atomic E-state index is 13.3. The fraction of sp³-hybridized carbons (Fsp3) is 0.185. The number of amides is 1. The number of nitrogens with one attached hydrogen (secondary N) is 1. The number of aromatic nitrogens is 5. The minimum absolute atomic E-state index is 0.161. The topological polar surface area (TPSA) is 125 Å². The van der Waals surface area contributed by atoms with Gasteiger partial charge in [0.05, 0.1) is 23.6 Å². The molecule has 0 aliphatic rings. The van der Waals surface area contributed by atoms with Crippen LogP contribution in [0.4, 0.5) is 14.5 Å². The van der Waals surface area contributed by atoms with Crippen molar-refractivity contribution < 1.29 is 23.0 Å². The van der Waals surface area contributed by atoms with Crippen molar-refractivity contribution in [1.29, 1.82) is 0 Å². The molecule has 0 saturated heterocycles. The molecule has 11 nitrogen and oxygen atoms in total. The zero-order chi connectivity index (χ0) is 29.3. The average Bonchev–Trinajstić information content (AvgIpc) is 3.53. The van der Waals surface area contributed by atoms with Crippen LogP contribution in [-0.4, -0.2) is 55.9 Å². The minimum atomic E-state index is -3.10. The summed E-state index contributed by atoms with van der Waals surface area (Å²) in [7, 11) is 5.27. The summed E-state index contributed by atoms with van der Waals surface area (Å²) in [5.74, 6) is 0.0432. The molecule has 1 unspecified atom stereocenters. The molecular formula is C27H25ClF2N8O3. The number of nitrogens with two attached hydrogens (primary N) is 1. The van der Waals surface area contributed by atoms with Gasteiger partial charge in [-0.25, -0.2) is 9.50 Å². The predicted octanol–water partition coefficient (Wildman–Crippen LogP) is 4.95. The molecular weight excluding hydrogens is 558 g/mol. The highest BCUT2D eigenvalue weighted by molar-refractivity contribution is 6.31. The van der Waals surface area contributed by atoms with Gasteiger partial charge < -0.3 is 20.5 Å². The Labute approximate surface area is 238 Å². The molecule has 0 bridgehead atoms. The molecule has 5 aromatic rings. The Morgan fingerprint density at radius 1 is 1.17 bits per heavy atom. The van der Waals surface area contributed by atoms with E-state index in [0.29, 0.717) is 27.7 Å². The summed E-state index contributed by atoms with van der Waals surface area (Å²) >= 11 is 6.34. The molecule has 212 valence electrons. The highest BCUT2D eigenvalue weighted by atomic mass is 35.5. The van der Waals surface area contributed by atoms with E-state index >= 15 is 0 Å². The first kappa shape index (κ1) is 28.0. The number of alkyl halides is 2. The molecule has 0 saturated carbocycles. The monoisotopic (exact) mass is 582 g/mol. The average molecular weight is 583 g/mol. The van der Waals surface area contributed by atoms with Crippen LogP contribution in [0.5, 0.6) is 17.2 Å². The number of carbonyl (C=O) groups excluding carboxylic acids is 1. The number of hydrogen-bond donors (Lipinski definition) is 2.